The third kappa shape index (κ3) is 16.0. The molecule has 0 aromatic heterocycles. The van der Waals surface area contributed by atoms with Crippen molar-refractivity contribution in [3.05, 3.63) is 71.1 Å². The smallest absolute Gasteiger partial charge is 0.336 e. The first kappa shape index (κ1) is 43.6. The fourth-order valence-corrected chi connectivity index (χ4v) is 8.44. The van der Waals surface area contributed by atoms with Crippen LogP contribution >= 0.6 is 23.5 Å². The number of esters is 2. The highest BCUT2D eigenvalue weighted by molar-refractivity contribution is 7.99. The number of allylic oxidation sites excluding steroid dienone is 2. The second-order valence-electron chi connectivity index (χ2n) is 13.6. The van der Waals surface area contributed by atoms with Crippen LogP contribution in [0.2, 0.25) is 0 Å². The van der Waals surface area contributed by atoms with Crippen molar-refractivity contribution in [2.24, 2.45) is 0 Å². The zero-order valence-electron chi connectivity index (χ0n) is 32.6. The van der Waals surface area contributed by atoms with Crippen molar-refractivity contribution in [1.82, 2.24) is 0 Å². The number of carbonyl (C=O) groups is 2. The minimum Gasteiger partial charge on any atom is -0.463 e. The Labute approximate surface area is 324 Å². The SMILES string of the molecule is CCCCCCCCCCSc1ccccc1NC1=C(C(=O)OCC)CC(Nc2ccccc2SCCCCCCCCCC)=C(C(=O)OCC)C1. The van der Waals surface area contributed by atoms with Crippen LogP contribution in [0.15, 0.2) is 80.9 Å². The van der Waals surface area contributed by atoms with Gasteiger partial charge in [0, 0.05) is 34.0 Å². The molecule has 0 bridgehead atoms. The predicted octanol–water partition coefficient (Wildman–Crippen LogP) is 13.1. The Morgan fingerprint density at radius 1 is 0.519 bits per heavy atom. The molecular formula is C44H66N2O4S2. The fraction of sp³-hybridized carbons (Fsp3) is 0.591. The predicted molar refractivity (Wildman–Crippen MR) is 223 cm³/mol. The van der Waals surface area contributed by atoms with Crippen LogP contribution in [0.5, 0.6) is 0 Å². The molecule has 8 heteroatoms. The highest BCUT2D eigenvalue weighted by atomic mass is 32.2. The summed E-state index contributed by atoms with van der Waals surface area (Å²) in [6.07, 6.45) is 21.2. The molecular weight excluding hydrogens is 685 g/mol. The first-order chi connectivity index (χ1) is 25.5. The van der Waals surface area contributed by atoms with Gasteiger partial charge in [-0.15, -0.1) is 23.5 Å². The summed E-state index contributed by atoms with van der Waals surface area (Å²) in [5.74, 6) is 1.34. The minimum atomic E-state index is -0.367. The molecule has 52 heavy (non-hydrogen) atoms. The number of carbonyl (C=O) groups excluding carboxylic acids is 2. The Morgan fingerprint density at radius 2 is 0.865 bits per heavy atom. The second-order valence-corrected chi connectivity index (χ2v) is 15.9. The molecule has 1 aliphatic carbocycles. The number of rotatable bonds is 28. The third-order valence-corrected chi connectivity index (χ3v) is 11.7. The Hall–Kier alpha value is -2.84. The lowest BCUT2D eigenvalue weighted by Gasteiger charge is -2.27. The van der Waals surface area contributed by atoms with Gasteiger partial charge in [0.15, 0.2) is 0 Å². The Morgan fingerprint density at radius 3 is 1.23 bits per heavy atom. The van der Waals surface area contributed by atoms with Gasteiger partial charge in [-0.2, -0.15) is 0 Å². The average molecular weight is 751 g/mol. The van der Waals surface area contributed by atoms with E-state index in [1.165, 1.54) is 103 Å². The summed E-state index contributed by atoms with van der Waals surface area (Å²) in [4.78, 5) is 29.3. The number of benzene rings is 2. The molecule has 2 N–H and O–H groups in total. The van der Waals surface area contributed by atoms with Crippen LogP contribution in [-0.2, 0) is 19.1 Å². The van der Waals surface area contributed by atoms with E-state index in [4.69, 9.17) is 9.47 Å². The molecule has 0 amide bonds. The van der Waals surface area contributed by atoms with Gasteiger partial charge in [-0.05, 0) is 62.5 Å². The van der Waals surface area contributed by atoms with Crippen LogP contribution in [0.25, 0.3) is 0 Å². The third-order valence-electron chi connectivity index (χ3n) is 9.34. The van der Waals surface area contributed by atoms with Gasteiger partial charge in [0.1, 0.15) is 0 Å². The van der Waals surface area contributed by atoms with E-state index in [1.807, 2.05) is 61.6 Å². The van der Waals surface area contributed by atoms with Crippen molar-refractivity contribution in [3.8, 4) is 0 Å². The molecule has 0 saturated carbocycles. The van der Waals surface area contributed by atoms with Crippen LogP contribution in [0, 0.1) is 0 Å². The maximum atomic E-state index is 13.5. The number of hydrogen-bond acceptors (Lipinski definition) is 8. The van der Waals surface area contributed by atoms with Crippen molar-refractivity contribution in [2.45, 2.75) is 153 Å². The monoisotopic (exact) mass is 750 g/mol. The van der Waals surface area contributed by atoms with Gasteiger partial charge in [-0.3, -0.25) is 0 Å². The number of thioether (sulfide) groups is 2. The summed E-state index contributed by atoms with van der Waals surface area (Å²) in [7, 11) is 0. The van der Waals surface area contributed by atoms with Gasteiger partial charge in [0.05, 0.1) is 35.7 Å². The van der Waals surface area contributed by atoms with Crippen molar-refractivity contribution in [2.75, 3.05) is 35.4 Å². The van der Waals surface area contributed by atoms with E-state index in [0.717, 1.165) is 32.7 Å². The van der Waals surface area contributed by atoms with Crippen LogP contribution in [0.1, 0.15) is 143 Å². The topological polar surface area (TPSA) is 76.7 Å². The standard InChI is InChI=1S/C44H66N2O4S2/c1-5-9-11-13-15-17-19-25-31-51-41-29-23-21-27-37(41)45-39-33-36(44(48)50-8-4)40(34-35(39)43(47)49-7-3)46-38-28-22-24-30-42(38)52-32-26-20-18-16-14-12-10-6-2/h21-24,27-30,45-46H,5-20,25-26,31-34H2,1-4H3. The molecule has 2 aromatic rings. The highest BCUT2D eigenvalue weighted by Crippen LogP contribution is 2.38. The molecule has 0 fully saturated rings. The van der Waals surface area contributed by atoms with Crippen molar-refractivity contribution in [3.63, 3.8) is 0 Å². The molecule has 0 unspecified atom stereocenters. The lowest BCUT2D eigenvalue weighted by molar-refractivity contribution is -0.140. The summed E-state index contributed by atoms with van der Waals surface area (Å²) < 4.78 is 11.2. The lowest BCUT2D eigenvalue weighted by atomic mass is 9.92. The van der Waals surface area contributed by atoms with Crippen LogP contribution in [0.3, 0.4) is 0 Å². The molecule has 0 saturated heterocycles. The highest BCUT2D eigenvalue weighted by Gasteiger charge is 2.31. The Balaban J connectivity index is 1.73. The van der Waals surface area contributed by atoms with Crippen molar-refractivity contribution >= 4 is 46.8 Å². The van der Waals surface area contributed by atoms with Crippen molar-refractivity contribution in [1.29, 1.82) is 0 Å². The number of anilines is 2. The number of ether oxygens (including phenoxy) is 2. The zero-order chi connectivity index (χ0) is 37.2. The van der Waals surface area contributed by atoms with E-state index in [9.17, 15) is 9.59 Å². The van der Waals surface area contributed by atoms with Crippen LogP contribution in [0.4, 0.5) is 11.4 Å². The van der Waals surface area contributed by atoms with E-state index >= 15 is 0 Å². The summed E-state index contributed by atoms with van der Waals surface area (Å²) in [5, 5.41) is 7.17. The first-order valence-corrected chi connectivity index (χ1v) is 22.2. The quantitative estimate of drug-likeness (QED) is 0.0506. The summed E-state index contributed by atoms with van der Waals surface area (Å²) in [6, 6.07) is 16.5. The molecule has 288 valence electrons. The lowest BCUT2D eigenvalue weighted by Crippen LogP contribution is -2.25. The normalized spacial score (nSPS) is 13.0. The summed E-state index contributed by atoms with van der Waals surface area (Å²) >= 11 is 3.68. The van der Waals surface area contributed by atoms with E-state index in [0.29, 0.717) is 22.5 Å². The molecule has 1 aliphatic rings. The molecule has 0 heterocycles. The Kier molecular flexibility index (Phi) is 22.5. The van der Waals surface area contributed by atoms with Gasteiger partial charge in [0.2, 0.25) is 0 Å². The molecule has 6 nitrogen and oxygen atoms in total. The van der Waals surface area contributed by atoms with Crippen LogP contribution in [-0.4, -0.2) is 36.7 Å². The average Bonchev–Trinajstić information content (AvgIpc) is 3.15. The maximum Gasteiger partial charge on any atom is 0.336 e. The van der Waals surface area contributed by atoms with E-state index in [-0.39, 0.29) is 38.0 Å². The second kappa shape index (κ2) is 26.9. The molecule has 3 rings (SSSR count). The fourth-order valence-electron chi connectivity index (χ4n) is 6.40. The maximum absolute atomic E-state index is 13.5. The number of nitrogens with one attached hydrogen (secondary N) is 2. The molecule has 0 spiro atoms. The minimum absolute atomic E-state index is 0.236. The molecule has 0 aliphatic heterocycles. The largest absolute Gasteiger partial charge is 0.463 e. The van der Waals surface area contributed by atoms with E-state index < -0.39 is 0 Å². The molecule has 0 atom stereocenters. The van der Waals surface area contributed by atoms with Gasteiger partial charge in [0.25, 0.3) is 0 Å². The van der Waals surface area contributed by atoms with Gasteiger partial charge in [-0.1, -0.05) is 128 Å². The van der Waals surface area contributed by atoms with Gasteiger partial charge >= 0.3 is 11.9 Å². The van der Waals surface area contributed by atoms with E-state index in [1.54, 1.807) is 0 Å². The van der Waals surface area contributed by atoms with Crippen LogP contribution < -0.4 is 10.6 Å². The summed E-state index contributed by atoms with van der Waals surface area (Å²) in [5.41, 5.74) is 4.31. The summed E-state index contributed by atoms with van der Waals surface area (Å²) in [6.45, 7) is 8.72. The number of hydrogen-bond donors (Lipinski definition) is 2. The van der Waals surface area contributed by atoms with E-state index in [2.05, 4.69) is 48.7 Å². The molecule has 0 radical (unpaired) electrons. The van der Waals surface area contributed by atoms with Gasteiger partial charge in [-0.25, -0.2) is 9.59 Å². The van der Waals surface area contributed by atoms with Gasteiger partial charge < -0.3 is 20.1 Å². The van der Waals surface area contributed by atoms with Crippen molar-refractivity contribution < 1.29 is 19.1 Å². The number of para-hydroxylation sites is 2. The first-order valence-electron chi connectivity index (χ1n) is 20.3. The number of unbranched alkanes of at least 4 members (excludes halogenated alkanes) is 14. The Bertz CT molecular complexity index is 1300. The molecule has 2 aromatic carbocycles. The zero-order valence-corrected chi connectivity index (χ0v) is 34.3.